The van der Waals surface area contributed by atoms with Gasteiger partial charge in [-0.05, 0) is 74.4 Å². The molecule has 1 aliphatic heterocycles. The maximum absolute atomic E-state index is 14.5. The van der Waals surface area contributed by atoms with Crippen LogP contribution in [0.5, 0.6) is 0 Å². The van der Waals surface area contributed by atoms with Crippen LogP contribution in [0, 0.1) is 35.5 Å². The molecule has 0 saturated carbocycles. The molecule has 1 aliphatic rings. The number of hydrogen-bond acceptors (Lipinski definition) is 11. The van der Waals surface area contributed by atoms with Crippen molar-refractivity contribution in [3.8, 4) is 0 Å². The van der Waals surface area contributed by atoms with Gasteiger partial charge in [-0.15, -0.1) is 0 Å². The molecule has 0 unspecified atom stereocenters. The molecule has 70 heavy (non-hydrogen) atoms. The van der Waals surface area contributed by atoms with E-state index in [0.717, 1.165) is 12.1 Å². The zero-order valence-corrected chi connectivity index (χ0v) is 43.7. The molecule has 9 atom stereocenters. The van der Waals surface area contributed by atoms with Crippen molar-refractivity contribution in [2.75, 3.05) is 47.2 Å². The van der Waals surface area contributed by atoms with Crippen molar-refractivity contribution >= 4 is 50.9 Å². The van der Waals surface area contributed by atoms with E-state index in [-0.39, 0.29) is 78.3 Å². The van der Waals surface area contributed by atoms with Gasteiger partial charge in [0.1, 0.15) is 5.78 Å². The van der Waals surface area contributed by atoms with Gasteiger partial charge in [0.2, 0.25) is 27.7 Å². The number of carbonyl (C=O) groups is 6. The van der Waals surface area contributed by atoms with Gasteiger partial charge in [0.05, 0.1) is 42.5 Å². The number of nitrogens with one attached hydrogen (secondary N) is 2. The number of methoxy groups -OCH3 is 2. The molecule has 392 valence electrons. The summed E-state index contributed by atoms with van der Waals surface area (Å²) in [5, 5.41) is 1.68. The van der Waals surface area contributed by atoms with Crippen molar-refractivity contribution in [2.24, 2.45) is 35.5 Å². The lowest BCUT2D eigenvalue weighted by Crippen LogP contribution is -2.54. The predicted octanol–water partition coefficient (Wildman–Crippen LogP) is 6.69. The molecule has 0 bridgehead atoms. The average molecular weight is 1010 g/mol. The lowest BCUT2D eigenvalue weighted by atomic mass is 9.83. The van der Waals surface area contributed by atoms with Crippen molar-refractivity contribution in [1.29, 1.82) is 0 Å². The maximum Gasteiger partial charge on any atom is 0.471 e. The third-order valence-corrected chi connectivity index (χ3v) is 14.9. The highest BCUT2D eigenvalue weighted by atomic mass is 32.2. The van der Waals surface area contributed by atoms with Gasteiger partial charge in [-0.2, -0.15) is 13.2 Å². The molecular formula is C51H76F3N5O10S. The molecular weight excluding hydrogens is 932 g/mol. The minimum Gasteiger partial charge on any atom is -0.379 e. The third kappa shape index (κ3) is 16.7. The summed E-state index contributed by atoms with van der Waals surface area (Å²) in [5.41, 5.74) is 0.570. The van der Waals surface area contributed by atoms with Crippen LogP contribution in [0.2, 0.25) is 0 Å². The van der Waals surface area contributed by atoms with E-state index in [1.807, 2.05) is 60.5 Å². The van der Waals surface area contributed by atoms with Crippen LogP contribution in [-0.4, -0.2) is 137 Å². The molecule has 15 nitrogen and oxygen atoms in total. The summed E-state index contributed by atoms with van der Waals surface area (Å²) in [7, 11) is 4.00. The molecule has 1 saturated heterocycles. The Hall–Kier alpha value is -4.72. The number of rotatable bonds is 27. The summed E-state index contributed by atoms with van der Waals surface area (Å²) in [4.78, 5) is 87.1. The minimum atomic E-state index is -5.12. The number of likely N-dealkylation sites (tertiary alicyclic amines) is 1. The SMILES string of the molecule is CC[C@H](C)[C@@H]([C@@H](CC(=O)N1CCC[C@H]1[C@H](OC)[C@@H](C)C(=O)C[C@@H](Cc1ccccc1)C(=O)NS(=O)(=O)Cc1ccc(NC(=O)C(F)(F)F)cc1)OC)N(C)C(=O)[C@@H](CC(=O)[C@H](C(C)C)N(C)C)C(C)C. The zero-order chi connectivity index (χ0) is 52.8. The molecule has 1 fully saturated rings. The smallest absolute Gasteiger partial charge is 0.379 e. The van der Waals surface area contributed by atoms with E-state index in [0.29, 0.717) is 31.4 Å². The van der Waals surface area contributed by atoms with E-state index < -0.39 is 81.6 Å². The van der Waals surface area contributed by atoms with Crippen LogP contribution in [-0.2, 0) is 60.4 Å². The van der Waals surface area contributed by atoms with Crippen LogP contribution in [0.1, 0.15) is 98.1 Å². The summed E-state index contributed by atoms with van der Waals surface area (Å²) >= 11 is 0. The summed E-state index contributed by atoms with van der Waals surface area (Å²) in [6.07, 6.45) is -5.18. The number of hydrogen-bond donors (Lipinski definition) is 2. The molecule has 2 N–H and O–H groups in total. The molecule has 1 heterocycles. The molecule has 2 aromatic carbocycles. The number of ketones is 2. The molecule has 0 radical (unpaired) electrons. The minimum absolute atomic E-state index is 0.00742. The zero-order valence-electron chi connectivity index (χ0n) is 42.9. The molecule has 3 rings (SSSR count). The summed E-state index contributed by atoms with van der Waals surface area (Å²) in [6.45, 7) is 13.9. The van der Waals surface area contributed by atoms with Crippen LogP contribution in [0.15, 0.2) is 54.6 Å². The van der Waals surface area contributed by atoms with Gasteiger partial charge < -0.3 is 24.6 Å². The first-order chi connectivity index (χ1) is 32.7. The van der Waals surface area contributed by atoms with E-state index in [4.69, 9.17) is 9.47 Å². The molecule has 0 spiro atoms. The number of alkyl halides is 3. The number of benzene rings is 2. The highest BCUT2D eigenvalue weighted by Gasteiger charge is 2.44. The first kappa shape index (κ1) is 59.6. The monoisotopic (exact) mass is 1010 g/mol. The highest BCUT2D eigenvalue weighted by Crippen LogP contribution is 2.32. The Kier molecular flexibility index (Phi) is 22.7. The van der Waals surface area contributed by atoms with Gasteiger partial charge in [0.15, 0.2) is 5.78 Å². The van der Waals surface area contributed by atoms with Gasteiger partial charge in [-0.25, -0.2) is 8.42 Å². The number of halogens is 3. The van der Waals surface area contributed by atoms with Crippen molar-refractivity contribution in [3.63, 3.8) is 0 Å². The Bertz CT molecular complexity index is 2170. The Morgan fingerprint density at radius 2 is 1.43 bits per heavy atom. The predicted molar refractivity (Wildman–Crippen MR) is 262 cm³/mol. The molecule has 0 aromatic heterocycles. The fourth-order valence-electron chi connectivity index (χ4n) is 9.77. The molecule has 19 heteroatoms. The number of sulfonamides is 1. The van der Waals surface area contributed by atoms with E-state index >= 15 is 0 Å². The number of Topliss-reactive ketones (excluding diaryl/α,β-unsaturated/α-hetero) is 2. The first-order valence-corrected chi connectivity index (χ1v) is 25.7. The van der Waals surface area contributed by atoms with Crippen molar-refractivity contribution in [1.82, 2.24) is 19.4 Å². The number of ether oxygens (including phenoxy) is 2. The van der Waals surface area contributed by atoms with E-state index in [1.54, 1.807) is 59.4 Å². The van der Waals surface area contributed by atoms with Crippen molar-refractivity contribution < 1.29 is 59.8 Å². The Balaban J connectivity index is 1.81. The molecule has 4 amide bonds. The molecule has 0 aliphatic carbocycles. The second-order valence-corrected chi connectivity index (χ2v) is 21.4. The lowest BCUT2D eigenvalue weighted by Gasteiger charge is -2.41. The normalized spacial score (nSPS) is 17.9. The van der Waals surface area contributed by atoms with Crippen LogP contribution in [0.4, 0.5) is 18.9 Å². The van der Waals surface area contributed by atoms with Crippen LogP contribution in [0.25, 0.3) is 0 Å². The quantitative estimate of drug-likeness (QED) is 0.0971. The standard InChI is InChI=1S/C51H76F3N5O10S/c1-13-33(6)46(58(10)49(64)39(31(2)3)28-42(61)45(32(4)5)57(8)9)43(68-11)29-44(62)59-25-17-20-40(59)47(69-12)34(7)41(60)27-37(26-35-18-15-14-16-19-35)48(63)56-70(66,67)30-36-21-23-38(24-22-36)55-50(65)51(52,53)54/h14-16,18-19,21-24,31-34,37,39-40,43,45-47H,13,17,20,25-30H2,1-12H3,(H,55,65)(H,56,63)/t33-,34-,37+,39-,40-,43+,45-,46-,47+/m0/s1. The van der Waals surface area contributed by atoms with Crippen LogP contribution >= 0.6 is 0 Å². The fourth-order valence-corrected chi connectivity index (χ4v) is 10.9. The maximum atomic E-state index is 14.5. The Labute approximate surface area is 413 Å². The topological polar surface area (TPSA) is 189 Å². The van der Waals surface area contributed by atoms with Crippen LogP contribution in [0.3, 0.4) is 0 Å². The van der Waals surface area contributed by atoms with Gasteiger partial charge in [-0.1, -0.05) is 97.4 Å². The summed E-state index contributed by atoms with van der Waals surface area (Å²) in [6, 6.07) is 11.9. The Morgan fingerprint density at radius 1 is 0.814 bits per heavy atom. The summed E-state index contributed by atoms with van der Waals surface area (Å²) < 4.78 is 78.8. The summed E-state index contributed by atoms with van der Waals surface area (Å²) in [5.74, 6) is -7.47. The number of amides is 4. The number of likely N-dealkylation sites (N-methyl/N-ethyl adjacent to an activating group) is 2. The van der Waals surface area contributed by atoms with Gasteiger partial charge in [0, 0.05) is 64.1 Å². The van der Waals surface area contributed by atoms with Gasteiger partial charge >= 0.3 is 12.1 Å². The largest absolute Gasteiger partial charge is 0.471 e. The van der Waals surface area contributed by atoms with Crippen molar-refractivity contribution in [2.45, 2.75) is 136 Å². The average Bonchev–Trinajstić information content (AvgIpc) is 3.77. The number of nitrogens with zero attached hydrogens (tertiary/aromatic N) is 3. The van der Waals surface area contributed by atoms with E-state index in [2.05, 4.69) is 4.72 Å². The van der Waals surface area contributed by atoms with Gasteiger partial charge in [-0.3, -0.25) is 38.4 Å². The fraction of sp³-hybridized carbons (Fsp3) is 0.647. The van der Waals surface area contributed by atoms with E-state index in [1.165, 1.54) is 26.4 Å². The van der Waals surface area contributed by atoms with E-state index in [9.17, 15) is 50.4 Å². The number of carbonyl (C=O) groups excluding carboxylic acids is 6. The first-order valence-electron chi connectivity index (χ1n) is 24.1. The number of anilines is 1. The second kappa shape index (κ2) is 26.6. The molecule has 2 aromatic rings. The third-order valence-electron chi connectivity index (χ3n) is 13.6. The second-order valence-electron chi connectivity index (χ2n) is 19.7. The lowest BCUT2D eigenvalue weighted by molar-refractivity contribution is -0.167. The van der Waals surface area contributed by atoms with Crippen molar-refractivity contribution in [3.05, 3.63) is 65.7 Å². The van der Waals surface area contributed by atoms with Gasteiger partial charge in [0.25, 0.3) is 0 Å². The Morgan fingerprint density at radius 3 is 1.94 bits per heavy atom. The highest BCUT2D eigenvalue weighted by molar-refractivity contribution is 7.89. The van der Waals surface area contributed by atoms with Crippen LogP contribution < -0.4 is 10.0 Å².